The number of hydrogen-bond acceptors (Lipinski definition) is 5. The van der Waals surface area contributed by atoms with E-state index in [1.165, 1.54) is 36.5 Å². The fourth-order valence-corrected chi connectivity index (χ4v) is 3.38. The molecule has 0 bridgehead atoms. The van der Waals surface area contributed by atoms with E-state index in [4.69, 9.17) is 4.74 Å². The van der Waals surface area contributed by atoms with Crippen molar-refractivity contribution in [3.05, 3.63) is 65.7 Å². The molecule has 2 rings (SSSR count). The van der Waals surface area contributed by atoms with E-state index in [1.807, 2.05) is 18.2 Å². The molecule has 0 saturated carbocycles. The van der Waals surface area contributed by atoms with Crippen molar-refractivity contribution < 1.29 is 19.7 Å². The number of anilines is 1. The fourth-order valence-electron chi connectivity index (χ4n) is 3.38. The van der Waals surface area contributed by atoms with Crippen molar-refractivity contribution in [2.24, 2.45) is 0 Å². The number of rotatable bonds is 15. The number of carbonyl (C=O) groups excluding carboxylic acids is 1. The number of benzene rings is 2. The van der Waals surface area contributed by atoms with Gasteiger partial charge in [-0.1, -0.05) is 57.5 Å². The zero-order valence-electron chi connectivity index (χ0n) is 21.8. The number of nitrogens with one attached hydrogen (secondary N) is 2. The number of aliphatic hydroxyl groups excluding tert-OH is 1. The number of phenolic OH excluding ortho intramolecular Hbond substituents is 1. The van der Waals surface area contributed by atoms with Crippen LogP contribution in [-0.4, -0.2) is 35.8 Å². The maximum atomic E-state index is 10.6. The average Bonchev–Trinajstić information content (AvgIpc) is 2.86. The summed E-state index contributed by atoms with van der Waals surface area (Å²) in [6.07, 6.45) is 6.51. The van der Waals surface area contributed by atoms with Crippen molar-refractivity contribution in [1.29, 1.82) is 0 Å². The predicted molar refractivity (Wildman–Crippen MR) is 145 cm³/mol. The average molecular weight is 485 g/mol. The normalized spacial score (nSPS) is 12.1. The number of aromatic hydroxyl groups is 1. The van der Waals surface area contributed by atoms with Crippen molar-refractivity contribution >= 4 is 12.1 Å². The van der Waals surface area contributed by atoms with Crippen LogP contribution in [0.25, 0.3) is 0 Å². The highest BCUT2D eigenvalue weighted by molar-refractivity contribution is 5.75. The van der Waals surface area contributed by atoms with Crippen LogP contribution < -0.4 is 15.4 Å². The van der Waals surface area contributed by atoms with Gasteiger partial charge in [-0.2, -0.15) is 0 Å². The highest BCUT2D eigenvalue weighted by Crippen LogP contribution is 2.26. The van der Waals surface area contributed by atoms with Crippen molar-refractivity contribution in [1.82, 2.24) is 5.32 Å². The van der Waals surface area contributed by atoms with E-state index >= 15 is 0 Å². The Kier molecular flexibility index (Phi) is 15.2. The zero-order chi connectivity index (χ0) is 26.1. The van der Waals surface area contributed by atoms with Gasteiger partial charge in [0.15, 0.2) is 0 Å². The Hall–Kier alpha value is -2.83. The number of phenols is 1. The first kappa shape index (κ1) is 30.2. The molecule has 0 saturated heterocycles. The molecule has 0 aromatic heterocycles. The molecule has 0 fully saturated rings. The minimum absolute atomic E-state index is 0.0375. The minimum atomic E-state index is -0.750. The molecule has 35 heavy (non-hydrogen) atoms. The number of ether oxygens (including phenoxy) is 1. The highest BCUT2D eigenvalue weighted by Gasteiger charge is 2.12. The van der Waals surface area contributed by atoms with Gasteiger partial charge in [0.25, 0.3) is 0 Å². The van der Waals surface area contributed by atoms with E-state index in [9.17, 15) is 15.0 Å². The molecule has 6 heteroatoms. The monoisotopic (exact) mass is 484 g/mol. The van der Waals surface area contributed by atoms with Crippen LogP contribution >= 0.6 is 0 Å². The molecule has 0 aliphatic carbocycles. The maximum Gasteiger partial charge on any atom is 0.211 e. The summed E-state index contributed by atoms with van der Waals surface area (Å²) in [4.78, 5) is 10.6. The van der Waals surface area contributed by atoms with E-state index in [-0.39, 0.29) is 17.5 Å². The largest absolute Gasteiger partial charge is 0.506 e. The molecule has 0 heterocycles. The Bertz CT molecular complexity index is 885. The molecule has 2 aromatic rings. The summed E-state index contributed by atoms with van der Waals surface area (Å²) >= 11 is 0. The van der Waals surface area contributed by atoms with Crippen LogP contribution in [0.1, 0.15) is 77.0 Å². The Morgan fingerprint density at radius 2 is 1.91 bits per heavy atom. The molecule has 194 valence electrons. The van der Waals surface area contributed by atoms with Crippen molar-refractivity contribution in [2.75, 3.05) is 18.5 Å². The van der Waals surface area contributed by atoms with Gasteiger partial charge in [-0.25, -0.2) is 0 Å². The van der Waals surface area contributed by atoms with E-state index in [1.54, 1.807) is 12.1 Å². The SMILES string of the molecule is C=C(CC)CCCC.CCCOc1cccc(C[C@@H](C)NC[C@H](O)c2ccc(O)c(NC=O)c2)c1. The summed E-state index contributed by atoms with van der Waals surface area (Å²) in [5, 5.41) is 25.8. The molecule has 0 spiro atoms. The van der Waals surface area contributed by atoms with Gasteiger partial charge in [-0.05, 0) is 74.4 Å². The first-order valence-corrected chi connectivity index (χ1v) is 12.7. The smallest absolute Gasteiger partial charge is 0.211 e. The fraction of sp³-hybridized carbons (Fsp3) is 0.483. The lowest BCUT2D eigenvalue weighted by Crippen LogP contribution is -2.32. The first-order valence-electron chi connectivity index (χ1n) is 12.7. The summed E-state index contributed by atoms with van der Waals surface area (Å²) in [6, 6.07) is 12.9. The van der Waals surface area contributed by atoms with Gasteiger partial charge in [-0.15, -0.1) is 0 Å². The lowest BCUT2D eigenvalue weighted by Gasteiger charge is -2.18. The molecule has 0 unspecified atom stereocenters. The lowest BCUT2D eigenvalue weighted by atomic mass is 10.1. The van der Waals surface area contributed by atoms with Gasteiger partial charge in [0.05, 0.1) is 18.4 Å². The second kappa shape index (κ2) is 17.6. The molecule has 2 atom stereocenters. The standard InChI is InChI=1S/C21H28N2O4.C8H16/c1-3-9-27-18-6-4-5-16(11-18)10-15(2)22-13-21(26)17-7-8-20(25)19(12-17)23-14-24;1-4-6-7-8(3)5-2/h4-8,11-12,14-15,21-22,25-26H,3,9-10,13H2,1-2H3,(H,23,24);3-7H2,1-2H3/t15-,21+;/m1./s1. The molecule has 6 nitrogen and oxygen atoms in total. The number of carbonyl (C=O) groups is 1. The zero-order valence-corrected chi connectivity index (χ0v) is 21.8. The lowest BCUT2D eigenvalue weighted by molar-refractivity contribution is -0.105. The van der Waals surface area contributed by atoms with Crippen LogP contribution in [0, 0.1) is 0 Å². The number of unbranched alkanes of at least 4 members (excludes halogenated alkanes) is 1. The van der Waals surface area contributed by atoms with Gasteiger partial charge >= 0.3 is 0 Å². The van der Waals surface area contributed by atoms with E-state index in [0.717, 1.165) is 25.0 Å². The summed E-state index contributed by atoms with van der Waals surface area (Å²) in [7, 11) is 0. The Balaban J connectivity index is 0.000000658. The van der Waals surface area contributed by atoms with Crippen LogP contribution in [0.5, 0.6) is 11.5 Å². The molecule has 4 N–H and O–H groups in total. The number of hydrogen-bond donors (Lipinski definition) is 4. The van der Waals surface area contributed by atoms with E-state index in [0.29, 0.717) is 25.1 Å². The predicted octanol–water partition coefficient (Wildman–Crippen LogP) is 6.15. The topological polar surface area (TPSA) is 90.8 Å². The third-order valence-corrected chi connectivity index (χ3v) is 5.58. The maximum absolute atomic E-state index is 10.6. The molecular formula is C29H44N2O4. The minimum Gasteiger partial charge on any atom is -0.506 e. The van der Waals surface area contributed by atoms with Crippen LogP contribution in [0.4, 0.5) is 5.69 Å². The van der Waals surface area contributed by atoms with E-state index in [2.05, 4.69) is 51.0 Å². The Morgan fingerprint density at radius 1 is 1.14 bits per heavy atom. The molecule has 1 amide bonds. The number of aliphatic hydroxyl groups is 1. The van der Waals surface area contributed by atoms with Gasteiger partial charge in [0.2, 0.25) is 6.41 Å². The third-order valence-electron chi connectivity index (χ3n) is 5.58. The molecular weight excluding hydrogens is 440 g/mol. The molecule has 2 aromatic carbocycles. The molecule has 0 radical (unpaired) electrons. The van der Waals surface area contributed by atoms with Crippen molar-refractivity contribution in [3.8, 4) is 11.5 Å². The van der Waals surface area contributed by atoms with Crippen molar-refractivity contribution in [2.45, 2.75) is 78.4 Å². The van der Waals surface area contributed by atoms with Gasteiger partial charge in [-0.3, -0.25) is 4.79 Å². The summed E-state index contributed by atoms with van der Waals surface area (Å²) in [5.41, 5.74) is 3.46. The quantitative estimate of drug-likeness (QED) is 0.138. The van der Waals surface area contributed by atoms with Gasteiger partial charge in [0, 0.05) is 12.6 Å². The van der Waals surface area contributed by atoms with Crippen LogP contribution in [0.2, 0.25) is 0 Å². The summed E-state index contributed by atoms with van der Waals surface area (Å²) < 4.78 is 5.66. The third kappa shape index (κ3) is 12.4. The summed E-state index contributed by atoms with van der Waals surface area (Å²) in [5.74, 6) is 0.838. The molecule has 0 aliphatic rings. The first-order chi connectivity index (χ1) is 16.8. The second-order valence-electron chi connectivity index (χ2n) is 8.77. The van der Waals surface area contributed by atoms with Crippen molar-refractivity contribution in [3.63, 3.8) is 0 Å². The Morgan fingerprint density at radius 3 is 2.57 bits per heavy atom. The summed E-state index contributed by atoms with van der Waals surface area (Å²) in [6.45, 7) is 13.5. The van der Waals surface area contributed by atoms with Crippen LogP contribution in [-0.2, 0) is 11.2 Å². The Labute approximate surface area is 211 Å². The highest BCUT2D eigenvalue weighted by atomic mass is 16.5. The number of amides is 1. The molecule has 0 aliphatic heterocycles. The second-order valence-corrected chi connectivity index (χ2v) is 8.77. The van der Waals surface area contributed by atoms with Gasteiger partial charge < -0.3 is 25.6 Å². The van der Waals surface area contributed by atoms with E-state index < -0.39 is 6.10 Å². The van der Waals surface area contributed by atoms with Crippen LogP contribution in [0.15, 0.2) is 54.6 Å². The van der Waals surface area contributed by atoms with Crippen LogP contribution in [0.3, 0.4) is 0 Å². The number of allylic oxidation sites excluding steroid dienone is 1. The van der Waals surface area contributed by atoms with Gasteiger partial charge in [0.1, 0.15) is 11.5 Å².